The Morgan fingerprint density at radius 1 is 1.07 bits per heavy atom. The molecule has 2 aliphatic rings. The summed E-state index contributed by atoms with van der Waals surface area (Å²) in [4.78, 5) is 42.1. The van der Waals surface area contributed by atoms with Crippen LogP contribution in [-0.2, 0) is 14.4 Å². The molecule has 2 heterocycles. The summed E-state index contributed by atoms with van der Waals surface area (Å²) in [7, 11) is 0. The molecule has 0 aliphatic carbocycles. The van der Waals surface area contributed by atoms with Gasteiger partial charge in [0, 0.05) is 46.1 Å². The topological polar surface area (TPSA) is 70.2 Å². The fourth-order valence-electron chi connectivity index (χ4n) is 3.64. The van der Waals surface area contributed by atoms with Crippen molar-refractivity contribution in [2.45, 2.75) is 33.3 Å². The van der Waals surface area contributed by atoms with Crippen LogP contribution in [0, 0.1) is 5.92 Å². The van der Waals surface area contributed by atoms with E-state index in [4.69, 9.17) is 4.74 Å². The highest BCUT2D eigenvalue weighted by molar-refractivity contribution is 6.01. The van der Waals surface area contributed by atoms with Crippen LogP contribution in [0.25, 0.3) is 0 Å². The van der Waals surface area contributed by atoms with E-state index in [-0.39, 0.29) is 36.2 Å². The maximum atomic E-state index is 12.9. The Morgan fingerprint density at radius 2 is 1.70 bits per heavy atom. The Morgan fingerprint density at radius 3 is 2.33 bits per heavy atom. The van der Waals surface area contributed by atoms with Crippen LogP contribution >= 0.6 is 0 Å². The lowest BCUT2D eigenvalue weighted by Crippen LogP contribution is -2.51. The van der Waals surface area contributed by atoms with Gasteiger partial charge >= 0.3 is 0 Å². The minimum absolute atomic E-state index is 0.00106. The van der Waals surface area contributed by atoms with Crippen molar-refractivity contribution in [1.29, 1.82) is 0 Å². The van der Waals surface area contributed by atoms with Crippen LogP contribution in [0.1, 0.15) is 27.2 Å². The smallest absolute Gasteiger partial charge is 0.228 e. The first-order valence-corrected chi connectivity index (χ1v) is 9.47. The second kappa shape index (κ2) is 7.98. The molecule has 0 radical (unpaired) electrons. The number of hydrogen-bond acceptors (Lipinski definition) is 4. The number of para-hydroxylation sites is 2. The molecule has 7 nitrogen and oxygen atoms in total. The normalized spacial score (nSPS) is 20.4. The van der Waals surface area contributed by atoms with Crippen LogP contribution in [-0.4, -0.2) is 66.3 Å². The van der Waals surface area contributed by atoms with Crippen LogP contribution in [0.2, 0.25) is 0 Å². The average Bonchev–Trinajstić information content (AvgIpc) is 3.02. The van der Waals surface area contributed by atoms with Crippen molar-refractivity contribution in [3.63, 3.8) is 0 Å². The van der Waals surface area contributed by atoms with Crippen molar-refractivity contribution >= 4 is 23.4 Å². The van der Waals surface area contributed by atoms with Crippen molar-refractivity contribution in [2.75, 3.05) is 37.6 Å². The molecule has 0 bridgehead atoms. The van der Waals surface area contributed by atoms with E-state index in [1.807, 2.05) is 38.1 Å². The molecule has 2 saturated heterocycles. The predicted octanol–water partition coefficient (Wildman–Crippen LogP) is 1.52. The van der Waals surface area contributed by atoms with E-state index < -0.39 is 0 Å². The summed E-state index contributed by atoms with van der Waals surface area (Å²) >= 11 is 0. The minimum Gasteiger partial charge on any atom is -0.489 e. The van der Waals surface area contributed by atoms with Gasteiger partial charge in [0.2, 0.25) is 17.7 Å². The van der Waals surface area contributed by atoms with Crippen molar-refractivity contribution in [3.05, 3.63) is 24.3 Å². The molecule has 0 spiro atoms. The number of benzene rings is 1. The molecule has 7 heteroatoms. The SMILES string of the molecule is CC(=O)N1CCN(C(=O)C2CC(=O)N(c3ccccc3OC(C)C)C2)CC1. The van der Waals surface area contributed by atoms with Gasteiger partial charge in [0.15, 0.2) is 0 Å². The van der Waals surface area contributed by atoms with Gasteiger partial charge in [-0.05, 0) is 26.0 Å². The number of anilines is 1. The fraction of sp³-hybridized carbons (Fsp3) is 0.550. The number of carbonyl (C=O) groups excluding carboxylic acids is 3. The summed E-state index contributed by atoms with van der Waals surface area (Å²) in [5.41, 5.74) is 0.716. The summed E-state index contributed by atoms with van der Waals surface area (Å²) in [5.74, 6) is 0.274. The van der Waals surface area contributed by atoms with Gasteiger partial charge in [-0.1, -0.05) is 12.1 Å². The molecule has 2 aliphatic heterocycles. The Hall–Kier alpha value is -2.57. The predicted molar refractivity (Wildman–Crippen MR) is 102 cm³/mol. The zero-order valence-corrected chi connectivity index (χ0v) is 16.2. The Bertz CT molecular complexity index is 726. The number of carbonyl (C=O) groups is 3. The van der Waals surface area contributed by atoms with E-state index in [1.54, 1.807) is 21.6 Å². The highest BCUT2D eigenvalue weighted by Crippen LogP contribution is 2.34. The third kappa shape index (κ3) is 4.23. The third-order valence-electron chi connectivity index (χ3n) is 5.03. The lowest BCUT2D eigenvalue weighted by atomic mass is 10.1. The largest absolute Gasteiger partial charge is 0.489 e. The zero-order chi connectivity index (χ0) is 19.6. The first kappa shape index (κ1) is 19.2. The quantitative estimate of drug-likeness (QED) is 0.802. The molecule has 1 unspecified atom stereocenters. The standard InChI is InChI=1S/C20H27N3O4/c1-14(2)27-18-7-5-4-6-17(18)23-13-16(12-19(23)25)20(26)22-10-8-21(9-11-22)15(3)24/h4-7,14,16H,8-13H2,1-3H3. The lowest BCUT2D eigenvalue weighted by Gasteiger charge is -2.35. The number of rotatable bonds is 4. The second-order valence-electron chi connectivity index (χ2n) is 7.37. The van der Waals surface area contributed by atoms with Crippen LogP contribution in [0.3, 0.4) is 0 Å². The molecule has 0 N–H and O–H groups in total. The lowest BCUT2D eigenvalue weighted by molar-refractivity contribution is -0.141. The van der Waals surface area contributed by atoms with Gasteiger partial charge in [0.1, 0.15) is 5.75 Å². The Labute approximate surface area is 159 Å². The van der Waals surface area contributed by atoms with Gasteiger partial charge < -0.3 is 19.4 Å². The first-order valence-electron chi connectivity index (χ1n) is 9.47. The molecule has 1 atom stereocenters. The molecule has 3 rings (SSSR count). The van der Waals surface area contributed by atoms with Crippen molar-refractivity contribution in [1.82, 2.24) is 9.80 Å². The van der Waals surface area contributed by atoms with Crippen LogP contribution in [0.15, 0.2) is 24.3 Å². The summed E-state index contributed by atoms with van der Waals surface area (Å²) in [6.07, 6.45) is 0.209. The van der Waals surface area contributed by atoms with E-state index in [0.717, 1.165) is 0 Å². The number of nitrogens with zero attached hydrogens (tertiary/aromatic N) is 3. The monoisotopic (exact) mass is 373 g/mol. The first-order chi connectivity index (χ1) is 12.9. The van der Waals surface area contributed by atoms with Crippen LogP contribution in [0.4, 0.5) is 5.69 Å². The molecule has 27 heavy (non-hydrogen) atoms. The molecule has 146 valence electrons. The van der Waals surface area contributed by atoms with E-state index in [1.165, 1.54) is 0 Å². The third-order valence-corrected chi connectivity index (χ3v) is 5.03. The molecule has 1 aromatic carbocycles. The number of ether oxygens (including phenoxy) is 1. The summed E-state index contributed by atoms with van der Waals surface area (Å²) in [5, 5.41) is 0. The van der Waals surface area contributed by atoms with Crippen molar-refractivity contribution < 1.29 is 19.1 Å². The van der Waals surface area contributed by atoms with Gasteiger partial charge in [-0.25, -0.2) is 0 Å². The van der Waals surface area contributed by atoms with Crippen molar-refractivity contribution in [3.8, 4) is 5.75 Å². The molecule has 0 saturated carbocycles. The number of piperazine rings is 1. The molecular formula is C20H27N3O4. The molecule has 2 fully saturated rings. The average molecular weight is 373 g/mol. The van der Waals surface area contributed by atoms with Gasteiger partial charge in [-0.15, -0.1) is 0 Å². The van der Waals surface area contributed by atoms with Gasteiger partial charge in [-0.3, -0.25) is 14.4 Å². The Kier molecular flexibility index (Phi) is 5.68. The fourth-order valence-corrected chi connectivity index (χ4v) is 3.64. The second-order valence-corrected chi connectivity index (χ2v) is 7.37. The zero-order valence-electron chi connectivity index (χ0n) is 16.2. The Balaban J connectivity index is 1.68. The van der Waals surface area contributed by atoms with E-state index >= 15 is 0 Å². The highest BCUT2D eigenvalue weighted by Gasteiger charge is 2.39. The molecule has 3 amide bonds. The number of amides is 3. The van der Waals surface area contributed by atoms with Gasteiger partial charge in [-0.2, -0.15) is 0 Å². The number of hydrogen-bond donors (Lipinski definition) is 0. The summed E-state index contributed by atoms with van der Waals surface area (Å²) in [6, 6.07) is 7.44. The molecular weight excluding hydrogens is 346 g/mol. The van der Waals surface area contributed by atoms with Crippen LogP contribution < -0.4 is 9.64 Å². The maximum absolute atomic E-state index is 12.9. The maximum Gasteiger partial charge on any atom is 0.228 e. The van der Waals surface area contributed by atoms with E-state index in [9.17, 15) is 14.4 Å². The van der Waals surface area contributed by atoms with Crippen LogP contribution in [0.5, 0.6) is 5.75 Å². The summed E-state index contributed by atoms with van der Waals surface area (Å²) in [6.45, 7) is 7.94. The molecule has 1 aromatic rings. The minimum atomic E-state index is -0.353. The summed E-state index contributed by atoms with van der Waals surface area (Å²) < 4.78 is 5.83. The highest BCUT2D eigenvalue weighted by atomic mass is 16.5. The van der Waals surface area contributed by atoms with Gasteiger partial charge in [0.25, 0.3) is 0 Å². The van der Waals surface area contributed by atoms with Gasteiger partial charge in [0.05, 0.1) is 17.7 Å². The van der Waals surface area contributed by atoms with E-state index in [2.05, 4.69) is 0 Å². The van der Waals surface area contributed by atoms with E-state index in [0.29, 0.717) is 44.2 Å². The van der Waals surface area contributed by atoms with Crippen molar-refractivity contribution in [2.24, 2.45) is 5.92 Å². The molecule has 0 aromatic heterocycles.